The Labute approximate surface area is 164 Å². The van der Waals surface area contributed by atoms with Crippen molar-refractivity contribution in [3.05, 3.63) is 30.5 Å². The first-order valence-corrected chi connectivity index (χ1v) is 11.7. The van der Waals surface area contributed by atoms with Crippen LogP contribution in [0.2, 0.25) is 0 Å². The molecule has 1 aromatic carbocycles. The molecule has 8 heteroatoms. The van der Waals surface area contributed by atoms with Crippen LogP contribution in [0.1, 0.15) is 19.3 Å². The van der Waals surface area contributed by atoms with Gasteiger partial charge in [-0.2, -0.15) is 0 Å². The number of hydrogen-bond acceptors (Lipinski definition) is 4. The molecule has 154 valence electrons. The number of fused-ring (bicyclic) bond motifs is 1. The van der Waals surface area contributed by atoms with E-state index < -0.39 is 16.3 Å². The van der Waals surface area contributed by atoms with Gasteiger partial charge >= 0.3 is 0 Å². The number of hydrogen-bond donors (Lipinski definition) is 0. The van der Waals surface area contributed by atoms with Crippen molar-refractivity contribution in [2.45, 2.75) is 38.3 Å². The summed E-state index contributed by atoms with van der Waals surface area (Å²) in [5.41, 5.74) is 0.762. The van der Waals surface area contributed by atoms with Crippen LogP contribution in [0.4, 0.5) is 8.78 Å². The highest BCUT2D eigenvalue weighted by Gasteiger charge is 2.30. The van der Waals surface area contributed by atoms with Gasteiger partial charge in [0.1, 0.15) is 11.9 Å². The van der Waals surface area contributed by atoms with Crippen LogP contribution in [-0.2, 0) is 16.4 Å². The van der Waals surface area contributed by atoms with E-state index in [-0.39, 0.29) is 18.6 Å². The molecule has 1 unspecified atom stereocenters. The molecule has 2 aromatic rings. The van der Waals surface area contributed by atoms with E-state index in [9.17, 15) is 17.2 Å². The zero-order valence-corrected chi connectivity index (χ0v) is 16.6. The molecule has 0 N–H and O–H groups in total. The summed E-state index contributed by atoms with van der Waals surface area (Å²) in [6.07, 6.45) is 1.92. The third-order valence-corrected chi connectivity index (χ3v) is 7.62. The Morgan fingerprint density at radius 3 is 2.61 bits per heavy atom. The minimum Gasteiger partial charge on any atom is -0.490 e. The lowest BCUT2D eigenvalue weighted by atomic mass is 10.0. The largest absolute Gasteiger partial charge is 0.490 e. The zero-order valence-electron chi connectivity index (χ0n) is 15.8. The predicted octanol–water partition coefficient (Wildman–Crippen LogP) is 3.18. The first-order chi connectivity index (χ1) is 13.4. The number of halogens is 2. The van der Waals surface area contributed by atoms with Crippen LogP contribution >= 0.6 is 0 Å². The third-order valence-electron chi connectivity index (χ3n) is 5.78. The fourth-order valence-electron chi connectivity index (χ4n) is 4.38. The molecular weight excluding hydrogens is 386 g/mol. The number of sulfone groups is 1. The van der Waals surface area contributed by atoms with Crippen molar-refractivity contribution in [3.8, 4) is 5.75 Å². The highest BCUT2D eigenvalue weighted by Crippen LogP contribution is 2.30. The van der Waals surface area contributed by atoms with Crippen LogP contribution in [0, 0.1) is 5.92 Å². The first kappa shape index (κ1) is 19.6. The Morgan fingerprint density at radius 1 is 1.14 bits per heavy atom. The molecule has 2 aliphatic heterocycles. The van der Waals surface area contributed by atoms with Crippen molar-refractivity contribution in [1.82, 2.24) is 9.47 Å². The van der Waals surface area contributed by atoms with Crippen molar-refractivity contribution in [2.24, 2.45) is 5.92 Å². The van der Waals surface area contributed by atoms with Gasteiger partial charge in [-0.1, -0.05) is 6.07 Å². The molecule has 0 bridgehead atoms. The standard InChI is InChI=1S/C20H26F2N2O3S/c21-20(22)13-24-10-6-17-18(24)2-1-3-19(17)27-16-4-8-23(9-5-16)12-15-7-11-28(25,26)14-15/h1-3,6,10,15-16,20H,4-5,7-9,11-14H2. The molecule has 5 nitrogen and oxygen atoms in total. The van der Waals surface area contributed by atoms with Gasteiger partial charge in [0.05, 0.1) is 23.6 Å². The smallest absolute Gasteiger partial charge is 0.256 e. The number of rotatable bonds is 6. The van der Waals surface area contributed by atoms with E-state index in [1.165, 1.54) is 0 Å². The number of piperidine rings is 1. The first-order valence-electron chi connectivity index (χ1n) is 9.85. The lowest BCUT2D eigenvalue weighted by molar-refractivity contribution is 0.0943. The quantitative estimate of drug-likeness (QED) is 0.731. The normalized spacial score (nSPS) is 23.6. The average Bonchev–Trinajstić information content (AvgIpc) is 3.20. The van der Waals surface area contributed by atoms with Crippen LogP contribution in [0.5, 0.6) is 5.75 Å². The van der Waals surface area contributed by atoms with Gasteiger partial charge in [-0.25, -0.2) is 17.2 Å². The fraction of sp³-hybridized carbons (Fsp3) is 0.600. The maximum Gasteiger partial charge on any atom is 0.256 e. The van der Waals surface area contributed by atoms with Crippen molar-refractivity contribution in [3.63, 3.8) is 0 Å². The summed E-state index contributed by atoms with van der Waals surface area (Å²) in [5, 5.41) is 0.863. The maximum atomic E-state index is 12.7. The van der Waals surface area contributed by atoms with E-state index in [0.717, 1.165) is 55.5 Å². The number of aromatic nitrogens is 1. The van der Waals surface area contributed by atoms with Crippen LogP contribution in [0.25, 0.3) is 10.9 Å². The third kappa shape index (κ3) is 4.49. The summed E-state index contributed by atoms with van der Waals surface area (Å²) in [5.74, 6) is 1.64. The molecule has 0 amide bonds. The second-order valence-electron chi connectivity index (χ2n) is 7.94. The zero-order chi connectivity index (χ0) is 19.7. The lowest BCUT2D eigenvalue weighted by Gasteiger charge is -2.33. The molecule has 2 aliphatic rings. The van der Waals surface area contributed by atoms with Gasteiger partial charge in [0.2, 0.25) is 0 Å². The van der Waals surface area contributed by atoms with Crippen LogP contribution in [-0.4, -0.2) is 61.6 Å². The SMILES string of the molecule is O=S1(=O)CCC(CN2CCC(Oc3cccc4c3ccn4CC(F)F)CC2)C1. The highest BCUT2D eigenvalue weighted by molar-refractivity contribution is 7.91. The van der Waals surface area contributed by atoms with Crippen LogP contribution in [0.3, 0.4) is 0 Å². The molecule has 0 aliphatic carbocycles. The van der Waals surface area contributed by atoms with Gasteiger partial charge in [0.15, 0.2) is 9.84 Å². The Bertz CT molecular complexity index is 921. The second-order valence-corrected chi connectivity index (χ2v) is 10.2. The van der Waals surface area contributed by atoms with Gasteiger partial charge in [-0.05, 0) is 43.4 Å². The summed E-state index contributed by atoms with van der Waals surface area (Å²) < 4.78 is 56.5. The lowest BCUT2D eigenvalue weighted by Crippen LogP contribution is -2.40. The summed E-state index contributed by atoms with van der Waals surface area (Å²) in [7, 11) is -2.82. The van der Waals surface area contributed by atoms with E-state index in [4.69, 9.17) is 4.74 Å². The monoisotopic (exact) mass is 412 g/mol. The number of nitrogens with zero attached hydrogens (tertiary/aromatic N) is 2. The van der Waals surface area contributed by atoms with Gasteiger partial charge in [-0.15, -0.1) is 0 Å². The van der Waals surface area contributed by atoms with E-state index >= 15 is 0 Å². The molecule has 4 rings (SSSR count). The molecule has 2 saturated heterocycles. The van der Waals surface area contributed by atoms with E-state index in [2.05, 4.69) is 4.90 Å². The van der Waals surface area contributed by atoms with Crippen LogP contribution < -0.4 is 4.74 Å². The van der Waals surface area contributed by atoms with Gasteiger partial charge in [0, 0.05) is 31.2 Å². The molecule has 0 radical (unpaired) electrons. The van der Waals surface area contributed by atoms with Gasteiger partial charge in [0.25, 0.3) is 6.43 Å². The molecule has 28 heavy (non-hydrogen) atoms. The fourth-order valence-corrected chi connectivity index (χ4v) is 6.23. The summed E-state index contributed by atoms with van der Waals surface area (Å²) >= 11 is 0. The van der Waals surface area contributed by atoms with Gasteiger partial charge < -0.3 is 14.2 Å². The number of ether oxygens (including phenoxy) is 1. The summed E-state index contributed by atoms with van der Waals surface area (Å²) in [4.78, 5) is 2.34. The molecule has 2 fully saturated rings. The summed E-state index contributed by atoms with van der Waals surface area (Å²) in [6.45, 7) is 2.31. The number of likely N-dealkylation sites (tertiary alicyclic amines) is 1. The molecule has 1 atom stereocenters. The van der Waals surface area contributed by atoms with E-state index in [1.807, 2.05) is 24.3 Å². The average molecular weight is 413 g/mol. The topological polar surface area (TPSA) is 51.5 Å². The minimum atomic E-state index is -2.82. The van der Waals surface area contributed by atoms with Crippen molar-refractivity contribution < 1.29 is 21.9 Å². The minimum absolute atomic E-state index is 0.0904. The Balaban J connectivity index is 1.34. The van der Waals surface area contributed by atoms with Crippen molar-refractivity contribution in [1.29, 1.82) is 0 Å². The maximum absolute atomic E-state index is 12.7. The molecule has 0 spiro atoms. The molecule has 0 saturated carbocycles. The van der Waals surface area contributed by atoms with Crippen molar-refractivity contribution in [2.75, 3.05) is 31.1 Å². The number of alkyl halides is 2. The van der Waals surface area contributed by atoms with Crippen LogP contribution in [0.15, 0.2) is 30.5 Å². The number of benzene rings is 1. The molecule has 3 heterocycles. The van der Waals surface area contributed by atoms with E-state index in [1.54, 1.807) is 10.8 Å². The Kier molecular flexibility index (Phi) is 5.60. The highest BCUT2D eigenvalue weighted by atomic mass is 32.2. The molecular formula is C20H26F2N2O3S. The molecule has 1 aromatic heterocycles. The second kappa shape index (κ2) is 7.99. The predicted molar refractivity (Wildman–Crippen MR) is 105 cm³/mol. The van der Waals surface area contributed by atoms with Crippen molar-refractivity contribution >= 4 is 20.7 Å². The van der Waals surface area contributed by atoms with Gasteiger partial charge in [-0.3, -0.25) is 0 Å². The van der Waals surface area contributed by atoms with E-state index in [0.29, 0.717) is 11.5 Å². The Morgan fingerprint density at radius 2 is 1.93 bits per heavy atom. The Hall–Kier alpha value is -1.67. The summed E-state index contributed by atoms with van der Waals surface area (Å²) in [6, 6.07) is 7.41.